The van der Waals surface area contributed by atoms with E-state index in [1.807, 2.05) is 0 Å². The molecule has 0 fully saturated rings. The highest BCUT2D eigenvalue weighted by Crippen LogP contribution is 2.47. The number of halogens is 14. The number of carbonyl (C=O) groups excluding carboxylic acids is 5. The van der Waals surface area contributed by atoms with E-state index in [4.69, 9.17) is 42.9 Å². The fourth-order valence-corrected chi connectivity index (χ4v) is 14.6. The molecule has 5 aliphatic rings. The minimum Gasteiger partial charge on any atom is -0.461 e. The number of aromatic nitrogens is 1. The van der Waals surface area contributed by atoms with E-state index >= 15 is 0 Å². The van der Waals surface area contributed by atoms with Crippen LogP contribution in [0.3, 0.4) is 0 Å². The molecule has 1 aromatic heterocycles. The smallest absolute Gasteiger partial charge is 0.266 e. The highest BCUT2D eigenvalue weighted by atomic mass is 19.2. The lowest BCUT2D eigenvalue weighted by atomic mass is 9.81. The summed E-state index contributed by atoms with van der Waals surface area (Å²) in [5.41, 5.74) is 24.3. The van der Waals surface area contributed by atoms with Gasteiger partial charge in [0.25, 0.3) is 29.5 Å². The van der Waals surface area contributed by atoms with E-state index in [1.54, 1.807) is 70.2 Å². The van der Waals surface area contributed by atoms with E-state index in [2.05, 4.69) is 29.9 Å². The van der Waals surface area contributed by atoms with Crippen LogP contribution in [-0.4, -0.2) is 143 Å². The van der Waals surface area contributed by atoms with Crippen molar-refractivity contribution in [2.75, 3.05) is 35.2 Å². The normalized spacial score (nSPS) is 20.7. The van der Waals surface area contributed by atoms with Gasteiger partial charge in [-0.1, -0.05) is 54.6 Å². The molecular weight excluding hydrogens is 1690 g/mol. The maximum Gasteiger partial charge on any atom is 0.266 e. The van der Waals surface area contributed by atoms with E-state index in [0.717, 1.165) is 57.3 Å². The van der Waals surface area contributed by atoms with Crippen molar-refractivity contribution in [3.63, 3.8) is 0 Å². The lowest BCUT2D eigenvalue weighted by Crippen LogP contribution is -2.41. The fourth-order valence-electron chi connectivity index (χ4n) is 14.6. The molecule has 0 radical (unpaired) electrons. The first-order chi connectivity index (χ1) is 59.7. The summed E-state index contributed by atoms with van der Waals surface area (Å²) in [7, 11) is 7.14. The average Bonchev–Trinajstić information content (AvgIpc) is 1.66. The van der Waals surface area contributed by atoms with Gasteiger partial charge in [-0.05, 0) is 221 Å². The molecule has 5 aliphatic heterocycles. The summed E-state index contributed by atoms with van der Waals surface area (Å²) in [4.78, 5) is 94.8. The number of guanidine groups is 5. The molecule has 0 aliphatic carbocycles. The topological polar surface area (TPSA) is 334 Å². The molecule has 9 aromatic carbocycles. The Balaban J connectivity index is 0.000000154. The minimum atomic E-state index is -1.92. The average molecular weight is 1770 g/mol. The summed E-state index contributed by atoms with van der Waals surface area (Å²) in [6.45, 7) is 10.4. The first-order valence-corrected chi connectivity index (χ1v) is 38.1. The Kier molecular flexibility index (Phi) is 26.5. The molecule has 127 heavy (non-hydrogen) atoms. The Morgan fingerprint density at radius 3 is 0.945 bits per heavy atom. The molecule has 8 unspecified atom stereocenters. The number of hydrogen-bond acceptors (Lipinski definition) is 19. The van der Waals surface area contributed by atoms with Crippen LogP contribution in [-0.2, 0) is 51.7 Å². The number of amides is 5. The van der Waals surface area contributed by atoms with E-state index in [-0.39, 0.29) is 68.9 Å². The molecular formula is C89H80F14N16O8. The molecule has 10 N–H and O–H groups in total. The van der Waals surface area contributed by atoms with Crippen LogP contribution in [0.2, 0.25) is 0 Å². The zero-order valence-corrected chi connectivity index (χ0v) is 69.5. The van der Waals surface area contributed by atoms with Gasteiger partial charge >= 0.3 is 0 Å². The van der Waals surface area contributed by atoms with Crippen LogP contribution in [0.25, 0.3) is 0 Å². The second-order valence-corrected chi connectivity index (χ2v) is 29.6. The Labute approximate surface area is 717 Å². The number of aryl methyl sites for hydroxylation is 4. The van der Waals surface area contributed by atoms with Gasteiger partial charge in [0.05, 0.1) is 0 Å². The maximum atomic E-state index is 14.1. The standard InChI is InChI=1S/C20H21F2N3O2.C19H17F4N3O2.C18H17F2N3O2.C17H14F3N3O.C15H11F3N4O/c1-11-7-15(10-16(22)8-11)20(18(26)25(4)19(23)24-20)14-5-6-17(12(2)9-14)27-13(3)21;1-9-6-11(4-5-15(9)28-10(2)20)19(17(27)26(3)18(24)25-19)12-7-13(21)16(23)14(22)8-12;1-11(19)25-15-8-6-12(7-9-15)18(13-4-3-5-14(20)10-13)16(24)23(2)17(21)22-18;1-9-3-4-10(7-14(9)20)17(15(24)23(2)16(21)22-17)11-5-12(18)8-13(19)6-11;1-22-13(23)15(21-14(22)19,8-2-3-20-12(18)6-8)9-4-10(16)7-11(17)5-9/h5-10,13H,1-4H3,(H2,23,24);4-8,10H,1-3H3,(H2,24,25);3-11H,1-2H3,(H2,21,22);3-8H,1-2H3,(H2,21,22);2-7H,1H3,(H2,19,21). The number of ether oxygens (including phenoxy) is 3. The van der Waals surface area contributed by atoms with Crippen LogP contribution in [0.15, 0.2) is 213 Å². The van der Waals surface area contributed by atoms with Crippen molar-refractivity contribution >= 4 is 59.3 Å². The number of benzene rings is 9. The number of hydrogen-bond donors (Lipinski definition) is 5. The molecule has 0 saturated heterocycles. The van der Waals surface area contributed by atoms with Crippen molar-refractivity contribution in [1.29, 1.82) is 0 Å². The monoisotopic (exact) mass is 1770 g/mol. The predicted octanol–water partition coefficient (Wildman–Crippen LogP) is 12.8. The fraction of sp³-hybridized carbons (Fsp3) is 0.225. The highest BCUT2D eigenvalue weighted by Gasteiger charge is 2.55. The van der Waals surface area contributed by atoms with E-state index < -0.39 is 140 Å². The van der Waals surface area contributed by atoms with Crippen LogP contribution in [0, 0.1) is 91.8 Å². The summed E-state index contributed by atoms with van der Waals surface area (Å²) >= 11 is 0. The zero-order valence-electron chi connectivity index (χ0n) is 69.5. The van der Waals surface area contributed by atoms with Crippen LogP contribution in [0.4, 0.5) is 61.5 Å². The number of nitrogens with two attached hydrogens (primary N) is 5. The molecule has 0 spiro atoms. The van der Waals surface area contributed by atoms with Gasteiger partial charge in [0.2, 0.25) is 25.0 Å². The van der Waals surface area contributed by atoms with Crippen molar-refractivity contribution in [2.45, 2.75) is 95.2 Å². The van der Waals surface area contributed by atoms with Gasteiger partial charge in [0.15, 0.2) is 74.9 Å². The van der Waals surface area contributed by atoms with Crippen LogP contribution < -0.4 is 42.9 Å². The Morgan fingerprint density at radius 1 is 0.307 bits per heavy atom. The van der Waals surface area contributed by atoms with Crippen molar-refractivity contribution in [1.82, 2.24) is 29.5 Å². The second-order valence-electron chi connectivity index (χ2n) is 29.6. The van der Waals surface area contributed by atoms with Gasteiger partial charge in [0.1, 0.15) is 58.0 Å². The number of likely N-dealkylation sites (N-methyl/N-ethyl adjacent to an activating group) is 5. The Morgan fingerprint density at radius 2 is 0.614 bits per heavy atom. The van der Waals surface area contributed by atoms with Crippen molar-refractivity contribution in [2.24, 2.45) is 53.6 Å². The van der Waals surface area contributed by atoms with Crippen LogP contribution in [0.1, 0.15) is 98.7 Å². The van der Waals surface area contributed by atoms with Gasteiger partial charge < -0.3 is 42.9 Å². The number of pyridine rings is 1. The van der Waals surface area contributed by atoms with E-state index in [0.29, 0.717) is 80.3 Å². The summed E-state index contributed by atoms with van der Waals surface area (Å²) in [6, 6.07) is 38.6. The third-order valence-electron chi connectivity index (χ3n) is 20.9. The van der Waals surface area contributed by atoms with Crippen molar-refractivity contribution in [3.8, 4) is 17.2 Å². The summed E-state index contributed by atoms with van der Waals surface area (Å²) in [5.74, 6) is -12.7. The third-order valence-corrected chi connectivity index (χ3v) is 20.9. The van der Waals surface area contributed by atoms with Gasteiger partial charge in [-0.3, -0.25) is 48.5 Å². The lowest BCUT2D eigenvalue weighted by Gasteiger charge is -2.27. The van der Waals surface area contributed by atoms with Crippen molar-refractivity contribution < 1.29 is 99.6 Å². The predicted molar refractivity (Wildman–Crippen MR) is 440 cm³/mol. The largest absolute Gasteiger partial charge is 0.461 e. The van der Waals surface area contributed by atoms with Gasteiger partial charge in [-0.25, -0.2) is 87.0 Å². The minimum absolute atomic E-state index is 0.0342. The quantitative estimate of drug-likeness (QED) is 0.0341. The molecule has 0 saturated carbocycles. The molecule has 0 bridgehead atoms. The molecule has 662 valence electrons. The first-order valence-electron chi connectivity index (χ1n) is 38.1. The summed E-state index contributed by atoms with van der Waals surface area (Å²) in [6.07, 6.45) is -3.36. The van der Waals surface area contributed by atoms with Gasteiger partial charge in [-0.15, -0.1) is 0 Å². The summed E-state index contributed by atoms with van der Waals surface area (Å²) in [5, 5.41) is 0. The van der Waals surface area contributed by atoms with Crippen molar-refractivity contribution in [3.05, 3.63) is 330 Å². The molecule has 15 rings (SSSR count). The van der Waals surface area contributed by atoms with Gasteiger partial charge in [0, 0.05) is 74.3 Å². The molecule has 10 aromatic rings. The number of aliphatic imine (C=N–C) groups is 5. The zero-order chi connectivity index (χ0) is 93.3. The third kappa shape index (κ3) is 17.8. The number of carbonyl (C=O) groups is 5. The Hall–Kier alpha value is -14.8. The molecule has 24 nitrogen and oxygen atoms in total. The first kappa shape index (κ1) is 93.0. The van der Waals surface area contributed by atoms with E-state index in [9.17, 15) is 85.4 Å². The Bertz CT molecular complexity index is 6120. The SMILES string of the molecule is CC(F)Oc1ccc(C2(c3cccc(F)c3)N=C(N)N(C)C2=O)cc1.CN1C(=O)C(c2cc(F)cc(F)c2)(c2ccnc(F)c2)N=C1N.Cc1cc(C2(c3cc(F)c(F)c(F)c3)N=C(N)N(C)C2=O)ccc1OC(C)F.Cc1cc(F)cc(C2(c3ccc(OC(C)F)c(C)c3)N=C(N)N(C)C2=O)c1.Cc1ccc(C2(c3cc(F)cc(F)c3)N=C(N)N(C)C2=O)cc1F. The molecule has 5 amide bonds. The van der Waals surface area contributed by atoms with Gasteiger partial charge in [-0.2, -0.15) is 4.39 Å². The molecule has 6 heterocycles. The summed E-state index contributed by atoms with van der Waals surface area (Å²) < 4.78 is 206. The highest BCUT2D eigenvalue weighted by molar-refractivity contribution is 6.12. The molecule has 38 heteroatoms. The maximum absolute atomic E-state index is 14.1. The lowest BCUT2D eigenvalue weighted by molar-refractivity contribution is -0.130. The number of alkyl halides is 3. The van der Waals surface area contributed by atoms with Crippen LogP contribution >= 0.6 is 0 Å². The number of nitrogens with zero attached hydrogens (tertiary/aromatic N) is 11. The molecule has 8 atom stereocenters. The van der Waals surface area contributed by atoms with E-state index in [1.165, 1.54) is 145 Å². The number of rotatable bonds is 16. The second kappa shape index (κ2) is 36.2. The van der Waals surface area contributed by atoms with Crippen LogP contribution in [0.5, 0.6) is 17.2 Å².